The van der Waals surface area contributed by atoms with Gasteiger partial charge in [0.1, 0.15) is 18.5 Å². The van der Waals surface area contributed by atoms with Crippen LogP contribution in [0.25, 0.3) is 0 Å². The number of methoxy groups -OCH3 is 1. The third-order valence-electron chi connectivity index (χ3n) is 4.76. The molecule has 1 unspecified atom stereocenters. The van der Waals surface area contributed by atoms with Crippen LogP contribution in [0.1, 0.15) is 23.4 Å². The summed E-state index contributed by atoms with van der Waals surface area (Å²) in [6.07, 6.45) is 0.854. The summed E-state index contributed by atoms with van der Waals surface area (Å²) in [5.74, 6) is 3.83. The Morgan fingerprint density at radius 1 is 1.16 bits per heavy atom. The smallest absolute Gasteiger partial charge is 0.191 e. The molecule has 0 fully saturated rings. The van der Waals surface area contributed by atoms with Gasteiger partial charge in [-0.15, -0.1) is 45.5 Å². The minimum atomic E-state index is -0.0855. The maximum Gasteiger partial charge on any atom is 0.191 e. The number of nitrogens with one attached hydrogen (secondary N) is 2. The van der Waals surface area contributed by atoms with E-state index in [0.717, 1.165) is 36.1 Å². The molecule has 3 aromatic rings. The van der Waals surface area contributed by atoms with Gasteiger partial charge in [0.05, 0.1) is 13.7 Å². The molecule has 0 radical (unpaired) electrons. The predicted molar refractivity (Wildman–Crippen MR) is 139 cm³/mol. The molecule has 2 heterocycles. The van der Waals surface area contributed by atoms with Crippen LogP contribution in [-0.2, 0) is 20.0 Å². The van der Waals surface area contributed by atoms with Crippen LogP contribution in [0.15, 0.2) is 46.8 Å². The second-order valence-corrected chi connectivity index (χ2v) is 8.14. The summed E-state index contributed by atoms with van der Waals surface area (Å²) >= 11 is 1.76. The molecule has 0 amide bonds. The van der Waals surface area contributed by atoms with Crippen molar-refractivity contribution >= 4 is 41.3 Å². The van der Waals surface area contributed by atoms with Crippen molar-refractivity contribution in [2.24, 2.45) is 12.0 Å². The standard InChI is InChI=1S/C22H30N6O2S.HI/c1-16(30-20-10-6-5-9-19(20)29-4)14-24-22(23-12-11-18-8-7-13-31-18)25-15-21-27-26-17(2)28(21)3;/h5-10,13,16H,11-12,14-15H2,1-4H3,(H2,23,24,25);1H. The van der Waals surface area contributed by atoms with E-state index in [9.17, 15) is 0 Å². The number of halogens is 1. The molecular weight excluding hydrogens is 539 g/mol. The van der Waals surface area contributed by atoms with E-state index in [1.54, 1.807) is 18.4 Å². The number of aryl methyl sites for hydroxylation is 1. The molecule has 1 atom stereocenters. The first-order valence-corrected chi connectivity index (χ1v) is 11.1. The Morgan fingerprint density at radius 3 is 2.59 bits per heavy atom. The number of rotatable bonds is 10. The van der Waals surface area contributed by atoms with E-state index < -0.39 is 0 Å². The highest BCUT2D eigenvalue weighted by molar-refractivity contribution is 14.0. The Kier molecular flexibility index (Phi) is 10.7. The minimum Gasteiger partial charge on any atom is -0.493 e. The molecule has 10 heteroatoms. The second kappa shape index (κ2) is 13.3. The van der Waals surface area contributed by atoms with Crippen LogP contribution >= 0.6 is 35.3 Å². The Morgan fingerprint density at radius 2 is 1.94 bits per heavy atom. The van der Waals surface area contributed by atoms with E-state index in [1.807, 2.05) is 49.7 Å². The molecule has 0 bridgehead atoms. The first kappa shape index (κ1) is 25.9. The number of ether oxygens (including phenoxy) is 2. The van der Waals surface area contributed by atoms with E-state index >= 15 is 0 Å². The van der Waals surface area contributed by atoms with Crippen molar-refractivity contribution in [3.05, 3.63) is 58.3 Å². The second-order valence-electron chi connectivity index (χ2n) is 7.10. The molecule has 0 spiro atoms. The molecule has 0 aliphatic rings. The summed E-state index contributed by atoms with van der Waals surface area (Å²) in [6, 6.07) is 11.9. The summed E-state index contributed by atoms with van der Waals surface area (Å²) in [4.78, 5) is 6.03. The van der Waals surface area contributed by atoms with Gasteiger partial charge >= 0.3 is 0 Å². The summed E-state index contributed by atoms with van der Waals surface area (Å²) in [5, 5.41) is 17.2. The van der Waals surface area contributed by atoms with E-state index in [0.29, 0.717) is 19.0 Å². The van der Waals surface area contributed by atoms with Crippen molar-refractivity contribution in [1.82, 2.24) is 25.4 Å². The molecule has 2 aromatic heterocycles. The zero-order chi connectivity index (χ0) is 22.1. The molecule has 32 heavy (non-hydrogen) atoms. The lowest BCUT2D eigenvalue weighted by Gasteiger charge is -2.19. The fourth-order valence-corrected chi connectivity index (χ4v) is 3.60. The fraction of sp³-hybridized carbons (Fsp3) is 0.409. The van der Waals surface area contributed by atoms with E-state index in [4.69, 9.17) is 14.5 Å². The largest absolute Gasteiger partial charge is 0.493 e. The van der Waals surface area contributed by atoms with Gasteiger partial charge in [-0.1, -0.05) is 18.2 Å². The van der Waals surface area contributed by atoms with Gasteiger partial charge in [0.2, 0.25) is 0 Å². The van der Waals surface area contributed by atoms with E-state index in [-0.39, 0.29) is 30.1 Å². The Bertz CT molecular complexity index is 977. The summed E-state index contributed by atoms with van der Waals surface area (Å²) in [6.45, 7) is 5.74. The number of hydrogen-bond donors (Lipinski definition) is 2. The number of para-hydroxylation sites is 2. The van der Waals surface area contributed by atoms with Crippen molar-refractivity contribution in [2.75, 3.05) is 20.2 Å². The molecule has 8 nitrogen and oxygen atoms in total. The molecule has 2 N–H and O–H groups in total. The molecule has 0 aliphatic carbocycles. The molecule has 0 saturated heterocycles. The molecule has 174 valence electrons. The zero-order valence-corrected chi connectivity index (χ0v) is 22.0. The normalized spacial score (nSPS) is 12.1. The average molecular weight is 571 g/mol. The lowest BCUT2D eigenvalue weighted by atomic mass is 10.3. The minimum absolute atomic E-state index is 0. The third-order valence-corrected chi connectivity index (χ3v) is 5.70. The zero-order valence-electron chi connectivity index (χ0n) is 18.9. The molecule has 0 aliphatic heterocycles. The van der Waals surface area contributed by atoms with Gasteiger partial charge in [-0.05, 0) is 43.8 Å². The fourth-order valence-electron chi connectivity index (χ4n) is 2.89. The number of hydrogen-bond acceptors (Lipinski definition) is 6. The van der Waals surface area contributed by atoms with Crippen molar-refractivity contribution in [1.29, 1.82) is 0 Å². The first-order chi connectivity index (χ1) is 15.1. The highest BCUT2D eigenvalue weighted by atomic mass is 127. The lowest BCUT2D eigenvalue weighted by Crippen LogP contribution is -2.42. The highest BCUT2D eigenvalue weighted by Crippen LogP contribution is 2.26. The number of benzene rings is 1. The van der Waals surface area contributed by atoms with Crippen LogP contribution in [0.2, 0.25) is 0 Å². The maximum absolute atomic E-state index is 6.04. The van der Waals surface area contributed by atoms with Crippen LogP contribution in [-0.4, -0.2) is 47.0 Å². The van der Waals surface area contributed by atoms with Gasteiger partial charge in [-0.3, -0.25) is 0 Å². The number of guanidine groups is 1. The van der Waals surface area contributed by atoms with E-state index in [1.165, 1.54) is 4.88 Å². The maximum atomic E-state index is 6.04. The van der Waals surface area contributed by atoms with Gasteiger partial charge in [0.15, 0.2) is 23.3 Å². The van der Waals surface area contributed by atoms with Gasteiger partial charge in [0.25, 0.3) is 0 Å². The number of aromatic nitrogens is 3. The summed E-state index contributed by atoms with van der Waals surface area (Å²) in [5.41, 5.74) is 0. The number of nitrogens with zero attached hydrogens (tertiary/aromatic N) is 4. The highest BCUT2D eigenvalue weighted by Gasteiger charge is 2.10. The third kappa shape index (κ3) is 7.66. The van der Waals surface area contributed by atoms with E-state index in [2.05, 4.69) is 38.3 Å². The van der Waals surface area contributed by atoms with Crippen molar-refractivity contribution in [3.8, 4) is 11.5 Å². The predicted octanol–water partition coefficient (Wildman–Crippen LogP) is 3.56. The molecule has 0 saturated carbocycles. The summed E-state index contributed by atoms with van der Waals surface area (Å²) < 4.78 is 13.4. The quantitative estimate of drug-likeness (QED) is 0.220. The van der Waals surface area contributed by atoms with Crippen LogP contribution < -0.4 is 20.1 Å². The molecule has 3 rings (SSSR count). The van der Waals surface area contributed by atoms with Gasteiger partial charge in [-0.25, -0.2) is 4.99 Å². The number of aliphatic imine (C=N–C) groups is 1. The van der Waals surface area contributed by atoms with Gasteiger partial charge < -0.3 is 24.7 Å². The Hall–Kier alpha value is -2.34. The Balaban J connectivity index is 0.00000363. The average Bonchev–Trinajstić information content (AvgIpc) is 3.40. The van der Waals surface area contributed by atoms with Crippen LogP contribution in [0.5, 0.6) is 11.5 Å². The Labute approximate surface area is 210 Å². The van der Waals surface area contributed by atoms with Crippen molar-refractivity contribution < 1.29 is 9.47 Å². The summed E-state index contributed by atoms with van der Waals surface area (Å²) in [7, 11) is 3.59. The van der Waals surface area contributed by atoms with Gasteiger partial charge in [0, 0.05) is 18.5 Å². The lowest BCUT2D eigenvalue weighted by molar-refractivity contribution is 0.213. The molecule has 1 aromatic carbocycles. The first-order valence-electron chi connectivity index (χ1n) is 10.3. The SMILES string of the molecule is COc1ccccc1OC(C)CNC(=NCc1nnc(C)n1C)NCCc1cccs1.I. The topological polar surface area (TPSA) is 85.6 Å². The monoisotopic (exact) mass is 570 g/mol. The van der Waals surface area contributed by atoms with Gasteiger partial charge in [-0.2, -0.15) is 0 Å². The van der Waals surface area contributed by atoms with Crippen molar-refractivity contribution in [2.45, 2.75) is 32.9 Å². The number of thiophene rings is 1. The molecular formula is C22H31IN6O2S. The van der Waals surface area contributed by atoms with Crippen molar-refractivity contribution in [3.63, 3.8) is 0 Å². The van der Waals surface area contributed by atoms with Crippen LogP contribution in [0, 0.1) is 6.92 Å². The van der Waals surface area contributed by atoms with Crippen LogP contribution in [0.4, 0.5) is 0 Å². The van der Waals surface area contributed by atoms with Crippen LogP contribution in [0.3, 0.4) is 0 Å².